The van der Waals surface area contributed by atoms with Crippen molar-refractivity contribution >= 4 is 17.4 Å². The lowest BCUT2D eigenvalue weighted by Crippen LogP contribution is -2.49. The highest BCUT2D eigenvalue weighted by Crippen LogP contribution is 2.26. The fraction of sp³-hybridized carbons (Fsp3) is 0.320. The molecule has 1 saturated heterocycles. The number of aryl methyl sites for hydroxylation is 3. The Labute approximate surface area is 193 Å². The summed E-state index contributed by atoms with van der Waals surface area (Å²) in [5, 5.41) is 11.0. The molecule has 0 aliphatic carbocycles. The number of hydrogen-bond acceptors (Lipinski definition) is 6. The zero-order chi connectivity index (χ0) is 23.5. The van der Waals surface area contributed by atoms with E-state index in [0.29, 0.717) is 31.7 Å². The predicted molar refractivity (Wildman–Crippen MR) is 127 cm³/mol. The van der Waals surface area contributed by atoms with E-state index >= 15 is 0 Å². The molecule has 0 atom stereocenters. The lowest BCUT2D eigenvalue weighted by molar-refractivity contribution is -0.384. The van der Waals surface area contributed by atoms with Crippen LogP contribution in [0, 0.1) is 30.9 Å². The van der Waals surface area contributed by atoms with Gasteiger partial charge in [-0.05, 0) is 32.4 Å². The Hall–Kier alpha value is -3.81. The van der Waals surface area contributed by atoms with E-state index in [2.05, 4.69) is 41.1 Å². The number of nitro groups is 1. The van der Waals surface area contributed by atoms with Gasteiger partial charge >= 0.3 is 0 Å². The number of non-ortho nitro benzene ring substituents is 1. The number of benzene rings is 2. The molecule has 8 heteroatoms. The van der Waals surface area contributed by atoms with Gasteiger partial charge in [0.15, 0.2) is 0 Å². The van der Waals surface area contributed by atoms with E-state index in [4.69, 9.17) is 4.98 Å². The third-order valence-corrected chi connectivity index (χ3v) is 5.98. The van der Waals surface area contributed by atoms with E-state index in [0.717, 1.165) is 29.3 Å². The van der Waals surface area contributed by atoms with Crippen molar-refractivity contribution in [2.24, 2.45) is 0 Å². The molecule has 1 aliphatic rings. The average Bonchev–Trinajstić information content (AvgIpc) is 2.81. The third kappa shape index (κ3) is 5.00. The molecule has 2 aromatic carbocycles. The normalized spacial score (nSPS) is 13.8. The molecule has 33 heavy (non-hydrogen) atoms. The van der Waals surface area contributed by atoms with Gasteiger partial charge in [0.1, 0.15) is 11.6 Å². The van der Waals surface area contributed by atoms with Gasteiger partial charge in [0.05, 0.1) is 4.92 Å². The molecule has 0 spiro atoms. The molecule has 0 saturated carbocycles. The summed E-state index contributed by atoms with van der Waals surface area (Å²) in [6.07, 6.45) is 0.745. The van der Waals surface area contributed by atoms with Gasteiger partial charge in [-0.15, -0.1) is 0 Å². The van der Waals surface area contributed by atoms with Gasteiger partial charge in [-0.3, -0.25) is 14.9 Å². The number of hydrogen-bond donors (Lipinski definition) is 0. The maximum atomic E-state index is 12.9. The van der Waals surface area contributed by atoms with Crippen LogP contribution in [0.2, 0.25) is 0 Å². The van der Waals surface area contributed by atoms with Crippen LogP contribution in [0.3, 0.4) is 0 Å². The topological polar surface area (TPSA) is 92.5 Å². The minimum atomic E-state index is -0.482. The van der Waals surface area contributed by atoms with E-state index in [1.807, 2.05) is 13.8 Å². The number of carbonyl (C=O) groups excluding carboxylic acids is 1. The Balaban J connectivity index is 1.51. The number of piperazine rings is 1. The highest BCUT2D eigenvalue weighted by Gasteiger charge is 2.26. The summed E-state index contributed by atoms with van der Waals surface area (Å²) in [7, 11) is 0. The molecule has 8 nitrogen and oxygen atoms in total. The van der Waals surface area contributed by atoms with Crippen molar-refractivity contribution in [3.8, 4) is 0 Å². The van der Waals surface area contributed by atoms with Crippen LogP contribution in [0.15, 0.2) is 48.5 Å². The smallest absolute Gasteiger partial charge is 0.270 e. The van der Waals surface area contributed by atoms with Gasteiger partial charge in [0.2, 0.25) is 0 Å². The van der Waals surface area contributed by atoms with Crippen LogP contribution in [0.1, 0.15) is 38.6 Å². The summed E-state index contributed by atoms with van der Waals surface area (Å²) < 4.78 is 0. The number of carbonyl (C=O) groups is 1. The van der Waals surface area contributed by atoms with Crippen molar-refractivity contribution in [1.29, 1.82) is 0 Å². The van der Waals surface area contributed by atoms with Gasteiger partial charge in [-0.25, -0.2) is 9.97 Å². The SMILES string of the molecule is Cc1ccc(Cc2c(C)nc(C)nc2N2CCN(C(=O)c3cccc([N+](=O)[O-])c3)CC2)cc1. The fourth-order valence-electron chi connectivity index (χ4n) is 4.15. The Morgan fingerprint density at radius 3 is 2.36 bits per heavy atom. The Bertz CT molecular complexity index is 1190. The van der Waals surface area contributed by atoms with Crippen LogP contribution in [0.5, 0.6) is 0 Å². The van der Waals surface area contributed by atoms with Crippen LogP contribution in [0.25, 0.3) is 0 Å². The summed E-state index contributed by atoms with van der Waals surface area (Å²) in [6.45, 7) is 8.30. The molecule has 0 unspecified atom stereocenters. The number of nitro benzene ring substituents is 1. The molecule has 0 N–H and O–H groups in total. The monoisotopic (exact) mass is 445 g/mol. The molecule has 1 amide bonds. The Morgan fingerprint density at radius 2 is 1.70 bits per heavy atom. The molecular weight excluding hydrogens is 418 g/mol. The molecule has 1 aliphatic heterocycles. The van der Waals surface area contributed by atoms with Gasteiger partial charge in [-0.1, -0.05) is 35.9 Å². The summed E-state index contributed by atoms with van der Waals surface area (Å²) in [4.78, 5) is 36.8. The van der Waals surface area contributed by atoms with Gasteiger partial charge in [0, 0.05) is 61.6 Å². The number of nitrogens with zero attached hydrogens (tertiary/aromatic N) is 5. The van der Waals surface area contributed by atoms with Crippen molar-refractivity contribution in [3.63, 3.8) is 0 Å². The minimum Gasteiger partial charge on any atom is -0.353 e. The summed E-state index contributed by atoms with van der Waals surface area (Å²) in [5.74, 6) is 1.46. The zero-order valence-corrected chi connectivity index (χ0v) is 19.1. The molecule has 0 bridgehead atoms. The van der Waals surface area contributed by atoms with Crippen molar-refractivity contribution in [1.82, 2.24) is 14.9 Å². The van der Waals surface area contributed by atoms with Crippen molar-refractivity contribution < 1.29 is 9.72 Å². The van der Waals surface area contributed by atoms with Crippen LogP contribution in [-0.2, 0) is 6.42 Å². The second kappa shape index (κ2) is 9.36. The van der Waals surface area contributed by atoms with Crippen LogP contribution in [-0.4, -0.2) is 51.9 Å². The Kier molecular flexibility index (Phi) is 6.35. The molecule has 1 fully saturated rings. The number of aromatic nitrogens is 2. The van der Waals surface area contributed by atoms with Crippen LogP contribution < -0.4 is 4.90 Å². The van der Waals surface area contributed by atoms with Crippen molar-refractivity contribution in [2.45, 2.75) is 27.2 Å². The Morgan fingerprint density at radius 1 is 1.00 bits per heavy atom. The average molecular weight is 446 g/mol. The predicted octanol–water partition coefficient (Wildman–Crippen LogP) is 3.86. The molecule has 170 valence electrons. The first-order chi connectivity index (χ1) is 15.8. The van der Waals surface area contributed by atoms with E-state index in [9.17, 15) is 14.9 Å². The molecule has 1 aromatic heterocycles. The summed E-state index contributed by atoms with van der Waals surface area (Å²) in [6, 6.07) is 14.4. The standard InChI is InChI=1S/C25H27N5O3/c1-17-7-9-20(10-8-17)15-23-18(2)26-19(3)27-24(23)28-11-13-29(14-12-28)25(31)21-5-4-6-22(16-21)30(32)33/h4-10,16H,11-15H2,1-3H3. The summed E-state index contributed by atoms with van der Waals surface area (Å²) >= 11 is 0. The van der Waals surface area contributed by atoms with Crippen LogP contribution in [0.4, 0.5) is 11.5 Å². The van der Waals surface area contributed by atoms with Crippen molar-refractivity contribution in [3.05, 3.63) is 92.4 Å². The van der Waals surface area contributed by atoms with Crippen molar-refractivity contribution in [2.75, 3.05) is 31.1 Å². The maximum Gasteiger partial charge on any atom is 0.270 e. The zero-order valence-electron chi connectivity index (χ0n) is 19.1. The molecule has 4 rings (SSSR count). The second-order valence-corrected chi connectivity index (χ2v) is 8.41. The maximum absolute atomic E-state index is 12.9. The van der Waals surface area contributed by atoms with Gasteiger partial charge in [0.25, 0.3) is 11.6 Å². The third-order valence-electron chi connectivity index (χ3n) is 5.98. The summed E-state index contributed by atoms with van der Waals surface area (Å²) in [5.41, 5.74) is 4.76. The number of rotatable bonds is 5. The van der Waals surface area contributed by atoms with E-state index in [1.54, 1.807) is 17.0 Å². The number of anilines is 1. The number of amides is 1. The highest BCUT2D eigenvalue weighted by atomic mass is 16.6. The minimum absolute atomic E-state index is 0.0767. The van der Waals surface area contributed by atoms with Crippen LogP contribution >= 0.6 is 0 Å². The van der Waals surface area contributed by atoms with Gasteiger partial charge < -0.3 is 9.80 Å². The molecule has 3 aromatic rings. The second-order valence-electron chi connectivity index (χ2n) is 8.41. The van der Waals surface area contributed by atoms with Gasteiger partial charge in [-0.2, -0.15) is 0 Å². The molecule has 0 radical (unpaired) electrons. The van der Waals surface area contributed by atoms with E-state index < -0.39 is 4.92 Å². The largest absolute Gasteiger partial charge is 0.353 e. The van der Waals surface area contributed by atoms with E-state index in [-0.39, 0.29) is 11.6 Å². The quantitative estimate of drug-likeness (QED) is 0.437. The van der Waals surface area contributed by atoms with E-state index in [1.165, 1.54) is 23.3 Å². The highest BCUT2D eigenvalue weighted by molar-refractivity contribution is 5.95. The molecule has 2 heterocycles. The lowest BCUT2D eigenvalue weighted by Gasteiger charge is -2.36. The molecular formula is C25H27N5O3. The first kappa shape index (κ1) is 22.4. The first-order valence-corrected chi connectivity index (χ1v) is 11.0. The lowest BCUT2D eigenvalue weighted by atomic mass is 10.0. The first-order valence-electron chi connectivity index (χ1n) is 11.0. The fourth-order valence-corrected chi connectivity index (χ4v) is 4.15.